The van der Waals surface area contributed by atoms with Crippen LogP contribution >= 0.6 is 11.8 Å². The van der Waals surface area contributed by atoms with E-state index < -0.39 is 0 Å². The Morgan fingerprint density at radius 2 is 2.00 bits per heavy atom. The molecule has 4 heteroatoms. The van der Waals surface area contributed by atoms with E-state index >= 15 is 0 Å². The van der Waals surface area contributed by atoms with Crippen LogP contribution in [0.1, 0.15) is 12.6 Å². The highest BCUT2D eigenvalue weighted by atomic mass is 32.2. The third-order valence-electron chi connectivity index (χ3n) is 4.04. The molecule has 0 fully saturated rings. The van der Waals surface area contributed by atoms with Crippen LogP contribution in [0.5, 0.6) is 0 Å². The van der Waals surface area contributed by atoms with E-state index in [2.05, 4.69) is 60.2 Å². The second kappa shape index (κ2) is 9.35. The minimum atomic E-state index is 0.691. The van der Waals surface area contributed by atoms with Gasteiger partial charge in [-0.25, -0.2) is 0 Å². The molecule has 130 valence electrons. The van der Waals surface area contributed by atoms with Crippen molar-refractivity contribution in [1.82, 2.24) is 9.47 Å². The second-order valence-corrected chi connectivity index (χ2v) is 6.86. The molecule has 1 aromatic heterocycles. The number of para-hydroxylation sites is 1. The highest BCUT2D eigenvalue weighted by Gasteiger charge is 2.30. The van der Waals surface area contributed by atoms with Crippen molar-refractivity contribution < 1.29 is 0 Å². The van der Waals surface area contributed by atoms with Gasteiger partial charge in [0.2, 0.25) is 0 Å². The lowest BCUT2D eigenvalue weighted by Gasteiger charge is -2.35. The fraction of sp³-hybridized carbons (Fsp3) is 0.238. The van der Waals surface area contributed by atoms with Crippen LogP contribution in [0.3, 0.4) is 0 Å². The van der Waals surface area contributed by atoms with Crippen LogP contribution in [0.4, 0.5) is 5.69 Å². The van der Waals surface area contributed by atoms with Gasteiger partial charge in [0.15, 0.2) is 0 Å². The van der Waals surface area contributed by atoms with E-state index in [4.69, 9.17) is 0 Å². The quantitative estimate of drug-likeness (QED) is 0.375. The number of nitrogens with zero attached hydrogens (tertiary/aromatic N) is 3. The maximum absolute atomic E-state index is 4.54. The maximum Gasteiger partial charge on any atom is 0.146 e. The monoisotopic (exact) mass is 352 g/mol. The molecule has 1 aromatic carbocycles. The first-order chi connectivity index (χ1) is 12.1. The van der Waals surface area contributed by atoms with Crippen LogP contribution in [0.25, 0.3) is 0 Å². The third kappa shape index (κ3) is 5.15. The summed E-state index contributed by atoms with van der Waals surface area (Å²) in [7, 11) is 2.23. The maximum atomic E-state index is 4.54. The fourth-order valence-corrected chi connectivity index (χ4v) is 3.55. The van der Waals surface area contributed by atoms with Gasteiger partial charge in [0.05, 0.1) is 23.3 Å². The van der Waals surface area contributed by atoms with Crippen molar-refractivity contribution in [3.8, 4) is 0 Å². The largest absolute Gasteiger partial charge is 0.283 e. The first-order valence-corrected chi connectivity index (χ1v) is 9.53. The Kier molecular flexibility index (Phi) is 7.16. The van der Waals surface area contributed by atoms with Crippen molar-refractivity contribution in [3.63, 3.8) is 0 Å². The first-order valence-electron chi connectivity index (χ1n) is 8.31. The van der Waals surface area contributed by atoms with Gasteiger partial charge >= 0.3 is 0 Å². The molecule has 0 saturated heterocycles. The summed E-state index contributed by atoms with van der Waals surface area (Å²) in [5.74, 6) is 0. The molecule has 0 amide bonds. The molecule has 3 nitrogen and oxygen atoms in total. The van der Waals surface area contributed by atoms with Gasteiger partial charge in [0.1, 0.15) is 18.8 Å². The van der Waals surface area contributed by atoms with E-state index in [1.54, 1.807) is 11.8 Å². The molecule has 25 heavy (non-hydrogen) atoms. The zero-order valence-electron chi connectivity index (χ0n) is 15.2. The summed E-state index contributed by atoms with van der Waals surface area (Å²) in [6, 6.07) is 14.6. The molecule has 1 atom stereocenters. The summed E-state index contributed by atoms with van der Waals surface area (Å²) in [4.78, 5) is 10.4. The fourth-order valence-electron chi connectivity index (χ4n) is 2.84. The lowest BCUT2D eigenvalue weighted by atomic mass is 10.1. The molecule has 0 saturated carbocycles. The standard InChI is InChI=1S/C21H26N3S/c1-5-14-22-18(6-2)16-24(3,17-19-11-9-10-15-23-19)20-12-7-8-13-21(20)25-4/h5-15H,2,16-17H2,1,3-4H3/q+1/b14-5-,22-18?. The van der Waals surface area contributed by atoms with Gasteiger partial charge in [-0.15, -0.1) is 11.8 Å². The minimum Gasteiger partial charge on any atom is -0.283 e. The number of rotatable bonds is 8. The number of aliphatic imine (C=N–C) groups is 1. The summed E-state index contributed by atoms with van der Waals surface area (Å²) < 4.78 is 0.691. The third-order valence-corrected chi connectivity index (χ3v) is 4.82. The van der Waals surface area contributed by atoms with Gasteiger partial charge in [-0.3, -0.25) is 14.5 Å². The molecule has 0 aliphatic rings. The highest BCUT2D eigenvalue weighted by Crippen LogP contribution is 2.33. The Labute approximate surface area is 155 Å². The van der Waals surface area contributed by atoms with Gasteiger partial charge in [0.25, 0.3) is 0 Å². The molecule has 2 aromatic rings. The van der Waals surface area contributed by atoms with Crippen molar-refractivity contribution in [2.24, 2.45) is 4.99 Å². The van der Waals surface area contributed by atoms with Crippen molar-refractivity contribution >= 4 is 23.2 Å². The van der Waals surface area contributed by atoms with E-state index in [0.717, 1.165) is 24.5 Å². The Morgan fingerprint density at radius 1 is 1.24 bits per heavy atom. The van der Waals surface area contributed by atoms with Crippen LogP contribution in [0.15, 0.2) is 83.5 Å². The summed E-state index contributed by atoms with van der Waals surface area (Å²) >= 11 is 1.77. The molecule has 0 aliphatic carbocycles. The van der Waals surface area contributed by atoms with E-state index in [9.17, 15) is 0 Å². The predicted molar refractivity (Wildman–Crippen MR) is 111 cm³/mol. The molecule has 0 spiro atoms. The molecule has 0 bridgehead atoms. The smallest absolute Gasteiger partial charge is 0.146 e. The predicted octanol–water partition coefficient (Wildman–Crippen LogP) is 5.10. The molecule has 0 N–H and O–H groups in total. The number of benzene rings is 1. The summed E-state index contributed by atoms with van der Waals surface area (Å²) in [6.45, 7) is 7.46. The number of hydrogen-bond donors (Lipinski definition) is 0. The summed E-state index contributed by atoms with van der Waals surface area (Å²) in [5.41, 5.74) is 3.30. The number of hydrogen-bond acceptors (Lipinski definition) is 3. The SMILES string of the molecule is C=CC(C[N+](C)(Cc1ccccn1)c1ccccc1SC)=N/C=C\C. The molecular formula is C21H26N3S+. The van der Waals surface area contributed by atoms with Crippen molar-refractivity contribution in [2.75, 3.05) is 19.8 Å². The highest BCUT2D eigenvalue weighted by molar-refractivity contribution is 7.98. The van der Waals surface area contributed by atoms with Gasteiger partial charge in [-0.05, 0) is 37.5 Å². The molecule has 0 radical (unpaired) electrons. The van der Waals surface area contributed by atoms with Crippen molar-refractivity contribution in [2.45, 2.75) is 18.4 Å². The van der Waals surface area contributed by atoms with E-state index in [1.165, 1.54) is 10.6 Å². The van der Waals surface area contributed by atoms with Crippen LogP contribution < -0.4 is 4.48 Å². The van der Waals surface area contributed by atoms with Gasteiger partial charge in [-0.2, -0.15) is 0 Å². The van der Waals surface area contributed by atoms with Crippen LogP contribution in [-0.2, 0) is 6.54 Å². The number of thioether (sulfide) groups is 1. The average Bonchev–Trinajstić information content (AvgIpc) is 2.65. The van der Waals surface area contributed by atoms with Crippen molar-refractivity contribution in [3.05, 3.63) is 79.3 Å². The lowest BCUT2D eigenvalue weighted by molar-refractivity contribution is 0.356. The zero-order valence-corrected chi connectivity index (χ0v) is 16.0. The number of pyridine rings is 1. The zero-order chi connectivity index (χ0) is 18.1. The Hall–Kier alpha value is -2.17. The second-order valence-electron chi connectivity index (χ2n) is 6.01. The number of quaternary nitrogens is 1. The van der Waals surface area contributed by atoms with Crippen LogP contribution in [0.2, 0.25) is 0 Å². The van der Waals surface area contributed by atoms with E-state index in [0.29, 0.717) is 4.48 Å². The molecule has 1 heterocycles. The molecule has 2 rings (SSSR count). The molecular weight excluding hydrogens is 326 g/mol. The molecule has 0 aliphatic heterocycles. The van der Waals surface area contributed by atoms with Gasteiger partial charge in [0, 0.05) is 18.5 Å². The Balaban J connectivity index is 2.48. The Bertz CT molecular complexity index is 753. The van der Waals surface area contributed by atoms with Gasteiger partial charge in [-0.1, -0.05) is 30.9 Å². The van der Waals surface area contributed by atoms with E-state index in [1.807, 2.05) is 43.6 Å². The lowest BCUT2D eigenvalue weighted by Crippen LogP contribution is -2.48. The topological polar surface area (TPSA) is 25.2 Å². The first kappa shape index (κ1) is 19.2. The summed E-state index contributed by atoms with van der Waals surface area (Å²) in [6.07, 6.45) is 9.57. The van der Waals surface area contributed by atoms with E-state index in [-0.39, 0.29) is 0 Å². The number of allylic oxidation sites excluding steroid dienone is 1. The van der Waals surface area contributed by atoms with Crippen LogP contribution in [0, 0.1) is 0 Å². The Morgan fingerprint density at radius 3 is 2.64 bits per heavy atom. The normalized spacial score (nSPS) is 14.4. The molecule has 1 unspecified atom stereocenters. The average molecular weight is 353 g/mol. The van der Waals surface area contributed by atoms with Crippen LogP contribution in [-0.4, -0.2) is 30.5 Å². The minimum absolute atomic E-state index is 0.691. The number of aromatic nitrogens is 1. The van der Waals surface area contributed by atoms with Gasteiger partial charge < -0.3 is 0 Å². The van der Waals surface area contributed by atoms with Crippen molar-refractivity contribution in [1.29, 1.82) is 0 Å². The summed E-state index contributed by atoms with van der Waals surface area (Å²) in [5, 5.41) is 0.